The van der Waals surface area contributed by atoms with Crippen LogP contribution in [0.25, 0.3) is 0 Å². The fourth-order valence-electron chi connectivity index (χ4n) is 2.75. The zero-order chi connectivity index (χ0) is 20.7. The van der Waals surface area contributed by atoms with Crippen LogP contribution in [0, 0.1) is 0 Å². The molecule has 0 aliphatic heterocycles. The van der Waals surface area contributed by atoms with Gasteiger partial charge in [0.15, 0.2) is 11.5 Å². The van der Waals surface area contributed by atoms with Crippen molar-refractivity contribution >= 4 is 6.03 Å². The summed E-state index contributed by atoms with van der Waals surface area (Å²) >= 11 is 0. The van der Waals surface area contributed by atoms with Crippen molar-refractivity contribution in [2.24, 2.45) is 0 Å². The first-order valence-electron chi connectivity index (χ1n) is 8.61. The smallest absolute Gasteiger partial charge is 0.416 e. The van der Waals surface area contributed by atoms with Gasteiger partial charge in [0.05, 0.1) is 19.8 Å². The third-order valence-corrected chi connectivity index (χ3v) is 4.21. The van der Waals surface area contributed by atoms with Crippen LogP contribution in [0.2, 0.25) is 0 Å². The predicted molar refractivity (Wildman–Crippen MR) is 99.6 cm³/mol. The summed E-state index contributed by atoms with van der Waals surface area (Å²) in [5, 5.41) is 2.71. The number of benzene rings is 2. The van der Waals surface area contributed by atoms with Crippen LogP contribution in [0.15, 0.2) is 42.5 Å². The van der Waals surface area contributed by atoms with Crippen LogP contribution >= 0.6 is 0 Å². The molecule has 0 unspecified atom stereocenters. The molecule has 0 saturated carbocycles. The number of alkyl halides is 3. The van der Waals surface area contributed by atoms with E-state index in [-0.39, 0.29) is 12.1 Å². The Morgan fingerprint density at radius 3 is 2.39 bits per heavy atom. The SMILES string of the molecule is COc1ccc(CCNC(=O)N(C)Cc2ccccc2C(F)(F)F)cc1OC. The first-order valence-corrected chi connectivity index (χ1v) is 8.61. The number of hydrogen-bond donors (Lipinski definition) is 1. The van der Waals surface area contributed by atoms with E-state index in [0.29, 0.717) is 24.5 Å². The summed E-state index contributed by atoms with van der Waals surface area (Å²) in [6, 6.07) is 10.2. The highest BCUT2D eigenvalue weighted by Gasteiger charge is 2.33. The van der Waals surface area contributed by atoms with Crippen molar-refractivity contribution < 1.29 is 27.4 Å². The first kappa shape index (κ1) is 21.4. The fourth-order valence-corrected chi connectivity index (χ4v) is 2.75. The molecule has 0 heterocycles. The minimum atomic E-state index is -4.46. The fraction of sp³-hybridized carbons (Fsp3) is 0.350. The molecule has 152 valence electrons. The van der Waals surface area contributed by atoms with Crippen molar-refractivity contribution in [2.45, 2.75) is 19.1 Å². The molecule has 0 saturated heterocycles. The van der Waals surface area contributed by atoms with Crippen molar-refractivity contribution in [2.75, 3.05) is 27.8 Å². The summed E-state index contributed by atoms with van der Waals surface area (Å²) in [4.78, 5) is 13.4. The van der Waals surface area contributed by atoms with Gasteiger partial charge in [0.25, 0.3) is 0 Å². The Morgan fingerprint density at radius 1 is 1.07 bits per heavy atom. The van der Waals surface area contributed by atoms with E-state index in [1.807, 2.05) is 12.1 Å². The zero-order valence-electron chi connectivity index (χ0n) is 16.0. The lowest BCUT2D eigenvalue weighted by atomic mass is 10.1. The highest BCUT2D eigenvalue weighted by atomic mass is 19.4. The average Bonchev–Trinajstić information content (AvgIpc) is 2.67. The molecule has 0 aliphatic rings. The average molecular weight is 396 g/mol. The Bertz CT molecular complexity index is 810. The van der Waals surface area contributed by atoms with Gasteiger partial charge in [-0.1, -0.05) is 24.3 Å². The summed E-state index contributed by atoms with van der Waals surface area (Å²) in [5.41, 5.74) is 0.246. The number of carbonyl (C=O) groups is 1. The molecule has 1 N–H and O–H groups in total. The van der Waals surface area contributed by atoms with Crippen molar-refractivity contribution in [1.82, 2.24) is 10.2 Å². The number of nitrogens with one attached hydrogen (secondary N) is 1. The Balaban J connectivity index is 1.92. The van der Waals surface area contributed by atoms with E-state index in [9.17, 15) is 18.0 Å². The molecule has 2 rings (SSSR count). The number of ether oxygens (including phenoxy) is 2. The monoisotopic (exact) mass is 396 g/mol. The van der Waals surface area contributed by atoms with Gasteiger partial charge in [-0.2, -0.15) is 13.2 Å². The van der Waals surface area contributed by atoms with Gasteiger partial charge in [-0.25, -0.2) is 4.79 Å². The number of amides is 2. The highest BCUT2D eigenvalue weighted by molar-refractivity contribution is 5.73. The Kier molecular flexibility index (Phi) is 7.14. The zero-order valence-corrected chi connectivity index (χ0v) is 16.0. The lowest BCUT2D eigenvalue weighted by Gasteiger charge is -2.20. The summed E-state index contributed by atoms with van der Waals surface area (Å²) in [6.45, 7) is 0.192. The predicted octanol–water partition coefficient (Wildman–Crippen LogP) is 4.11. The normalized spacial score (nSPS) is 11.1. The van der Waals surface area contributed by atoms with Crippen molar-refractivity contribution in [3.05, 3.63) is 59.2 Å². The summed E-state index contributed by atoms with van der Waals surface area (Å²) in [7, 11) is 4.54. The van der Waals surface area contributed by atoms with Gasteiger partial charge in [-0.15, -0.1) is 0 Å². The third kappa shape index (κ3) is 5.55. The summed E-state index contributed by atoms with van der Waals surface area (Å²) in [6.07, 6.45) is -3.92. The summed E-state index contributed by atoms with van der Waals surface area (Å²) in [5.74, 6) is 1.20. The van der Waals surface area contributed by atoms with E-state index < -0.39 is 17.8 Å². The lowest BCUT2D eigenvalue weighted by molar-refractivity contribution is -0.138. The lowest BCUT2D eigenvalue weighted by Crippen LogP contribution is -2.38. The van der Waals surface area contributed by atoms with E-state index in [0.717, 1.165) is 11.6 Å². The van der Waals surface area contributed by atoms with Crippen LogP contribution in [0.1, 0.15) is 16.7 Å². The number of carbonyl (C=O) groups excluding carboxylic acids is 1. The second kappa shape index (κ2) is 9.34. The molecule has 28 heavy (non-hydrogen) atoms. The highest BCUT2D eigenvalue weighted by Crippen LogP contribution is 2.32. The van der Waals surface area contributed by atoms with Crippen molar-refractivity contribution in [3.63, 3.8) is 0 Å². The number of urea groups is 1. The second-order valence-corrected chi connectivity index (χ2v) is 6.18. The molecule has 8 heteroatoms. The van der Waals surface area contributed by atoms with Gasteiger partial charge in [-0.3, -0.25) is 0 Å². The molecular formula is C20H23F3N2O3. The molecule has 2 amide bonds. The molecule has 0 spiro atoms. The minimum absolute atomic E-state index is 0.0486. The molecular weight excluding hydrogens is 373 g/mol. The van der Waals surface area contributed by atoms with Crippen LogP contribution in [-0.2, 0) is 19.1 Å². The van der Waals surface area contributed by atoms with Gasteiger partial charge >= 0.3 is 12.2 Å². The number of hydrogen-bond acceptors (Lipinski definition) is 3. The molecule has 0 bridgehead atoms. The van der Waals surface area contributed by atoms with Crippen molar-refractivity contribution in [3.8, 4) is 11.5 Å². The third-order valence-electron chi connectivity index (χ3n) is 4.21. The standard InChI is InChI=1S/C20H23F3N2O3/c1-25(13-15-6-4-5-7-16(15)20(21,22)23)19(26)24-11-10-14-8-9-17(27-2)18(12-14)28-3/h4-9,12H,10-11,13H2,1-3H3,(H,24,26). The van der Waals surface area contributed by atoms with E-state index >= 15 is 0 Å². The molecule has 0 radical (unpaired) electrons. The van der Waals surface area contributed by atoms with Crippen LogP contribution < -0.4 is 14.8 Å². The minimum Gasteiger partial charge on any atom is -0.493 e. The molecule has 2 aromatic carbocycles. The van der Waals surface area contributed by atoms with Gasteiger partial charge in [0, 0.05) is 20.1 Å². The quantitative estimate of drug-likeness (QED) is 0.767. The molecule has 0 aliphatic carbocycles. The number of rotatable bonds is 7. The van der Waals surface area contributed by atoms with Crippen molar-refractivity contribution in [1.29, 1.82) is 0 Å². The maximum Gasteiger partial charge on any atom is 0.416 e. The Hall–Kier alpha value is -2.90. The maximum atomic E-state index is 13.1. The molecule has 2 aromatic rings. The maximum absolute atomic E-state index is 13.1. The largest absolute Gasteiger partial charge is 0.493 e. The van der Waals surface area contributed by atoms with Crippen LogP contribution in [-0.4, -0.2) is 38.7 Å². The van der Waals surface area contributed by atoms with Gasteiger partial charge in [-0.05, 0) is 35.7 Å². The van der Waals surface area contributed by atoms with E-state index in [4.69, 9.17) is 9.47 Å². The van der Waals surface area contributed by atoms with Crippen LogP contribution in [0.5, 0.6) is 11.5 Å². The second-order valence-electron chi connectivity index (χ2n) is 6.18. The number of methoxy groups -OCH3 is 2. The Labute approximate surface area is 162 Å². The molecule has 0 aromatic heterocycles. The summed E-state index contributed by atoms with van der Waals surface area (Å²) < 4.78 is 49.6. The van der Waals surface area contributed by atoms with Gasteiger partial charge in [0.1, 0.15) is 0 Å². The first-order chi connectivity index (χ1) is 13.3. The molecule has 0 fully saturated rings. The Morgan fingerprint density at radius 2 is 1.75 bits per heavy atom. The van der Waals surface area contributed by atoms with Crippen LogP contribution in [0.4, 0.5) is 18.0 Å². The molecule has 5 nitrogen and oxygen atoms in total. The topological polar surface area (TPSA) is 50.8 Å². The van der Waals surface area contributed by atoms with E-state index in [1.54, 1.807) is 13.2 Å². The van der Waals surface area contributed by atoms with E-state index in [2.05, 4.69) is 5.32 Å². The van der Waals surface area contributed by atoms with E-state index in [1.165, 1.54) is 37.3 Å². The number of halogens is 3. The molecule has 0 atom stereocenters. The van der Waals surface area contributed by atoms with Crippen LogP contribution in [0.3, 0.4) is 0 Å². The number of nitrogens with zero attached hydrogens (tertiary/aromatic N) is 1. The van der Waals surface area contributed by atoms with Gasteiger partial charge < -0.3 is 19.7 Å². The van der Waals surface area contributed by atoms with Gasteiger partial charge in [0.2, 0.25) is 0 Å².